The summed E-state index contributed by atoms with van der Waals surface area (Å²) in [6.07, 6.45) is 6.32. The molecule has 0 unspecified atom stereocenters. The molecule has 17 heavy (non-hydrogen) atoms. The van der Waals surface area contributed by atoms with Crippen molar-refractivity contribution in [3.63, 3.8) is 0 Å². The second kappa shape index (κ2) is 7.77. The smallest absolute Gasteiger partial charge is 0.161 e. The van der Waals surface area contributed by atoms with E-state index in [1.807, 2.05) is 25.1 Å². The van der Waals surface area contributed by atoms with Crippen LogP contribution in [-0.2, 0) is 0 Å². The molecule has 2 nitrogen and oxygen atoms in total. The van der Waals surface area contributed by atoms with Crippen molar-refractivity contribution in [3.05, 3.63) is 35.9 Å². The van der Waals surface area contributed by atoms with Crippen molar-refractivity contribution in [2.45, 2.75) is 33.6 Å². The quantitative estimate of drug-likeness (QED) is 0.521. The molecular weight excluding hydrogens is 212 g/mol. The zero-order valence-electron chi connectivity index (χ0n) is 11.0. The molecule has 1 aromatic carbocycles. The summed E-state index contributed by atoms with van der Waals surface area (Å²) in [6, 6.07) is 6.03. The van der Waals surface area contributed by atoms with Gasteiger partial charge in [-0.3, -0.25) is 0 Å². The molecule has 1 rings (SSSR count). The summed E-state index contributed by atoms with van der Waals surface area (Å²) in [6.45, 7) is 7.52. The van der Waals surface area contributed by atoms with Crippen LogP contribution in [0.25, 0.3) is 0 Å². The molecule has 0 saturated heterocycles. The number of allylic oxidation sites excluding steroid dienone is 1. The average molecular weight is 234 g/mol. The van der Waals surface area contributed by atoms with E-state index in [1.165, 1.54) is 5.56 Å². The highest BCUT2D eigenvalue weighted by molar-refractivity contribution is 5.42. The minimum absolute atomic E-state index is 0.662. The van der Waals surface area contributed by atoms with Gasteiger partial charge in [-0.05, 0) is 44.4 Å². The summed E-state index contributed by atoms with van der Waals surface area (Å²) >= 11 is 0. The lowest BCUT2D eigenvalue weighted by atomic mass is 10.2. The topological polar surface area (TPSA) is 18.5 Å². The van der Waals surface area contributed by atoms with Gasteiger partial charge < -0.3 is 9.47 Å². The van der Waals surface area contributed by atoms with Crippen molar-refractivity contribution < 1.29 is 9.47 Å². The number of rotatable bonds is 7. The van der Waals surface area contributed by atoms with E-state index in [9.17, 15) is 0 Å². The third-order valence-corrected chi connectivity index (χ3v) is 2.34. The third-order valence-electron chi connectivity index (χ3n) is 2.34. The molecule has 0 radical (unpaired) electrons. The van der Waals surface area contributed by atoms with E-state index >= 15 is 0 Å². The Bertz CT molecular complexity index is 356. The van der Waals surface area contributed by atoms with Gasteiger partial charge in [-0.25, -0.2) is 0 Å². The first-order valence-corrected chi connectivity index (χ1v) is 6.29. The minimum Gasteiger partial charge on any atom is -0.490 e. The predicted molar refractivity (Wildman–Crippen MR) is 71.9 cm³/mol. The van der Waals surface area contributed by atoms with Gasteiger partial charge in [0, 0.05) is 0 Å². The number of hydrogen-bond acceptors (Lipinski definition) is 2. The maximum Gasteiger partial charge on any atom is 0.161 e. The molecule has 0 aliphatic rings. The van der Waals surface area contributed by atoms with Crippen molar-refractivity contribution in [3.8, 4) is 11.5 Å². The number of benzene rings is 1. The molecule has 0 fully saturated rings. The Morgan fingerprint density at radius 1 is 1.06 bits per heavy atom. The van der Waals surface area contributed by atoms with Crippen LogP contribution in [0.3, 0.4) is 0 Å². The second-order valence-electron chi connectivity index (χ2n) is 3.90. The molecule has 0 bridgehead atoms. The van der Waals surface area contributed by atoms with Gasteiger partial charge in [-0.2, -0.15) is 0 Å². The van der Waals surface area contributed by atoms with Gasteiger partial charge in [0.15, 0.2) is 11.5 Å². The maximum absolute atomic E-state index is 5.72. The lowest BCUT2D eigenvalue weighted by Gasteiger charge is -2.11. The van der Waals surface area contributed by atoms with Crippen LogP contribution in [0.5, 0.6) is 11.5 Å². The zero-order chi connectivity index (χ0) is 12.5. The normalized spacial score (nSPS) is 10.8. The van der Waals surface area contributed by atoms with Gasteiger partial charge in [-0.1, -0.05) is 25.1 Å². The van der Waals surface area contributed by atoms with Crippen LogP contribution in [0.4, 0.5) is 0 Å². The Balaban J connectivity index is 2.54. The van der Waals surface area contributed by atoms with Gasteiger partial charge in [0.2, 0.25) is 0 Å². The summed E-state index contributed by atoms with van der Waals surface area (Å²) in [4.78, 5) is 0. The van der Waals surface area contributed by atoms with Crippen LogP contribution in [0.1, 0.15) is 32.3 Å². The van der Waals surface area contributed by atoms with E-state index in [-0.39, 0.29) is 0 Å². The first-order valence-electron chi connectivity index (χ1n) is 6.29. The Morgan fingerprint density at radius 2 is 1.88 bits per heavy atom. The standard InChI is InChI=1S/C15H22O2/c1-4-6-7-8-11-17-14-10-9-13(3)12-15(14)16-5-2/h6-7,9-10,12H,4-5,8,11H2,1-3H3/b7-6-. The fourth-order valence-electron chi connectivity index (χ4n) is 1.52. The molecule has 0 aliphatic heterocycles. The van der Waals surface area contributed by atoms with Crippen LogP contribution < -0.4 is 9.47 Å². The fourth-order valence-corrected chi connectivity index (χ4v) is 1.52. The highest BCUT2D eigenvalue weighted by atomic mass is 16.5. The van der Waals surface area contributed by atoms with Crippen molar-refractivity contribution >= 4 is 0 Å². The Kier molecular flexibility index (Phi) is 6.23. The Morgan fingerprint density at radius 3 is 2.59 bits per heavy atom. The number of hydrogen-bond donors (Lipinski definition) is 0. The monoisotopic (exact) mass is 234 g/mol. The molecule has 0 spiro atoms. The highest BCUT2D eigenvalue weighted by Gasteiger charge is 2.04. The van der Waals surface area contributed by atoms with Crippen LogP contribution in [-0.4, -0.2) is 13.2 Å². The van der Waals surface area contributed by atoms with Gasteiger partial charge in [0.05, 0.1) is 13.2 Å². The summed E-state index contributed by atoms with van der Waals surface area (Å²) in [5.74, 6) is 1.68. The SMILES string of the molecule is CC/C=C\CCOc1ccc(C)cc1OCC. The van der Waals surface area contributed by atoms with Crippen LogP contribution in [0.2, 0.25) is 0 Å². The molecule has 0 atom stereocenters. The third kappa shape index (κ3) is 4.94. The van der Waals surface area contributed by atoms with Gasteiger partial charge in [-0.15, -0.1) is 0 Å². The summed E-state index contributed by atoms with van der Waals surface area (Å²) in [7, 11) is 0. The Hall–Kier alpha value is -1.44. The molecule has 0 saturated carbocycles. The number of ether oxygens (including phenoxy) is 2. The fraction of sp³-hybridized carbons (Fsp3) is 0.467. The second-order valence-corrected chi connectivity index (χ2v) is 3.90. The predicted octanol–water partition coefficient (Wildman–Crippen LogP) is 4.13. The molecule has 0 heterocycles. The molecule has 0 amide bonds. The van der Waals surface area contributed by atoms with Crippen LogP contribution in [0, 0.1) is 6.92 Å². The summed E-state index contributed by atoms with van der Waals surface area (Å²) in [5, 5.41) is 0. The maximum atomic E-state index is 5.72. The van der Waals surface area contributed by atoms with E-state index in [0.717, 1.165) is 24.3 Å². The largest absolute Gasteiger partial charge is 0.490 e. The lowest BCUT2D eigenvalue weighted by Crippen LogP contribution is -2.00. The molecule has 0 N–H and O–H groups in total. The minimum atomic E-state index is 0.662. The van der Waals surface area contributed by atoms with Gasteiger partial charge in [0.25, 0.3) is 0 Å². The molecular formula is C15H22O2. The van der Waals surface area contributed by atoms with Crippen molar-refractivity contribution in [2.24, 2.45) is 0 Å². The zero-order valence-corrected chi connectivity index (χ0v) is 11.0. The van der Waals surface area contributed by atoms with Crippen LogP contribution >= 0.6 is 0 Å². The van der Waals surface area contributed by atoms with Crippen molar-refractivity contribution in [2.75, 3.05) is 13.2 Å². The van der Waals surface area contributed by atoms with Crippen molar-refractivity contribution in [1.82, 2.24) is 0 Å². The van der Waals surface area contributed by atoms with Gasteiger partial charge in [0.1, 0.15) is 0 Å². The van der Waals surface area contributed by atoms with Crippen LogP contribution in [0.15, 0.2) is 30.4 Å². The van der Waals surface area contributed by atoms with E-state index in [4.69, 9.17) is 9.47 Å². The summed E-state index contributed by atoms with van der Waals surface area (Å²) < 4.78 is 11.3. The van der Waals surface area contributed by atoms with E-state index < -0.39 is 0 Å². The van der Waals surface area contributed by atoms with E-state index in [1.54, 1.807) is 0 Å². The Labute approximate surface area is 104 Å². The average Bonchev–Trinajstić information content (AvgIpc) is 2.32. The van der Waals surface area contributed by atoms with Gasteiger partial charge >= 0.3 is 0 Å². The number of aryl methyl sites for hydroxylation is 1. The summed E-state index contributed by atoms with van der Waals surface area (Å²) in [5.41, 5.74) is 1.19. The van der Waals surface area contributed by atoms with E-state index in [0.29, 0.717) is 13.2 Å². The van der Waals surface area contributed by atoms with E-state index in [2.05, 4.69) is 26.0 Å². The lowest BCUT2D eigenvalue weighted by molar-refractivity contribution is 0.280. The first kappa shape index (κ1) is 13.6. The molecule has 94 valence electrons. The van der Waals surface area contributed by atoms with Crippen molar-refractivity contribution in [1.29, 1.82) is 0 Å². The molecule has 1 aromatic rings. The molecule has 0 aromatic heterocycles. The molecule has 2 heteroatoms. The molecule has 0 aliphatic carbocycles. The first-order chi connectivity index (χ1) is 8.27. The highest BCUT2D eigenvalue weighted by Crippen LogP contribution is 2.28.